The topological polar surface area (TPSA) is 62.4 Å². The Labute approximate surface area is 141 Å². The van der Waals surface area contributed by atoms with Crippen LogP contribution in [0.1, 0.15) is 5.56 Å². The minimum absolute atomic E-state index is 0.669. The first kappa shape index (κ1) is 16.0. The van der Waals surface area contributed by atoms with E-state index >= 15 is 0 Å². The van der Waals surface area contributed by atoms with Gasteiger partial charge >= 0.3 is 0 Å². The molecule has 3 rings (SSSR count). The van der Waals surface area contributed by atoms with Crippen molar-refractivity contribution in [2.75, 3.05) is 38.5 Å². The van der Waals surface area contributed by atoms with Crippen molar-refractivity contribution >= 4 is 22.7 Å². The quantitative estimate of drug-likeness (QED) is 0.728. The summed E-state index contributed by atoms with van der Waals surface area (Å²) < 4.78 is 10.6. The van der Waals surface area contributed by atoms with Gasteiger partial charge in [0.2, 0.25) is 5.95 Å². The van der Waals surface area contributed by atoms with Crippen molar-refractivity contribution in [2.24, 2.45) is 0 Å². The van der Waals surface area contributed by atoms with Gasteiger partial charge in [-0.3, -0.25) is 0 Å². The first-order valence-corrected chi connectivity index (χ1v) is 7.72. The SMILES string of the molecule is COc1cc2nc(NCc3ccc(N(C)C)cc3)[nH]c2cc1OC. The summed E-state index contributed by atoms with van der Waals surface area (Å²) in [5, 5.41) is 3.31. The average molecular weight is 326 g/mol. The molecule has 3 aromatic rings. The van der Waals surface area contributed by atoms with Gasteiger partial charge in [-0.2, -0.15) is 0 Å². The van der Waals surface area contributed by atoms with Gasteiger partial charge < -0.3 is 24.7 Å². The minimum Gasteiger partial charge on any atom is -0.493 e. The number of benzene rings is 2. The highest BCUT2D eigenvalue weighted by Crippen LogP contribution is 2.31. The molecule has 0 aliphatic carbocycles. The molecular formula is C18H22N4O2. The molecule has 0 saturated heterocycles. The zero-order valence-electron chi connectivity index (χ0n) is 14.4. The van der Waals surface area contributed by atoms with Crippen molar-refractivity contribution < 1.29 is 9.47 Å². The molecule has 6 heteroatoms. The summed E-state index contributed by atoms with van der Waals surface area (Å²) in [5.41, 5.74) is 4.11. The Morgan fingerprint density at radius 3 is 2.33 bits per heavy atom. The van der Waals surface area contributed by atoms with Gasteiger partial charge in [0.1, 0.15) is 0 Å². The molecule has 2 N–H and O–H groups in total. The van der Waals surface area contributed by atoms with Crippen LogP contribution in [0, 0.1) is 0 Å². The first-order chi connectivity index (χ1) is 11.6. The number of nitrogens with one attached hydrogen (secondary N) is 2. The lowest BCUT2D eigenvalue weighted by Crippen LogP contribution is -2.08. The Kier molecular flexibility index (Phi) is 4.46. The van der Waals surface area contributed by atoms with Crippen LogP contribution in [0.3, 0.4) is 0 Å². The van der Waals surface area contributed by atoms with Crippen molar-refractivity contribution in [3.63, 3.8) is 0 Å². The van der Waals surface area contributed by atoms with E-state index < -0.39 is 0 Å². The molecule has 0 atom stereocenters. The Balaban J connectivity index is 1.75. The van der Waals surface area contributed by atoms with Gasteiger partial charge in [0.05, 0.1) is 25.3 Å². The van der Waals surface area contributed by atoms with Crippen LogP contribution in [0.2, 0.25) is 0 Å². The lowest BCUT2D eigenvalue weighted by atomic mass is 10.2. The van der Waals surface area contributed by atoms with Crippen LogP contribution >= 0.6 is 0 Å². The molecule has 6 nitrogen and oxygen atoms in total. The third-order valence-corrected chi connectivity index (χ3v) is 3.90. The van der Waals surface area contributed by atoms with Crippen molar-refractivity contribution in [2.45, 2.75) is 6.54 Å². The number of rotatable bonds is 6. The van der Waals surface area contributed by atoms with Gasteiger partial charge in [-0.1, -0.05) is 12.1 Å². The molecule has 24 heavy (non-hydrogen) atoms. The number of aromatic amines is 1. The fourth-order valence-corrected chi connectivity index (χ4v) is 2.52. The second-order valence-electron chi connectivity index (χ2n) is 5.72. The van der Waals surface area contributed by atoms with E-state index in [1.54, 1.807) is 14.2 Å². The molecule has 0 radical (unpaired) electrons. The molecule has 0 bridgehead atoms. The summed E-state index contributed by atoms with van der Waals surface area (Å²) in [6, 6.07) is 12.2. The summed E-state index contributed by atoms with van der Waals surface area (Å²) >= 11 is 0. The third-order valence-electron chi connectivity index (χ3n) is 3.90. The maximum Gasteiger partial charge on any atom is 0.201 e. The number of fused-ring (bicyclic) bond motifs is 1. The number of nitrogens with zero attached hydrogens (tertiary/aromatic N) is 2. The van der Waals surface area contributed by atoms with Crippen LogP contribution in [0.4, 0.5) is 11.6 Å². The summed E-state index contributed by atoms with van der Waals surface area (Å²) in [6.07, 6.45) is 0. The van der Waals surface area contributed by atoms with E-state index in [2.05, 4.69) is 44.5 Å². The fraction of sp³-hybridized carbons (Fsp3) is 0.278. The molecule has 2 aromatic carbocycles. The molecule has 1 aromatic heterocycles. The van der Waals surface area contributed by atoms with Crippen LogP contribution < -0.4 is 19.7 Å². The van der Waals surface area contributed by atoms with E-state index in [1.807, 2.05) is 26.2 Å². The van der Waals surface area contributed by atoms with Gasteiger partial charge in [0, 0.05) is 38.5 Å². The maximum atomic E-state index is 5.32. The minimum atomic E-state index is 0.669. The molecule has 1 heterocycles. The standard InChI is InChI=1S/C18H22N4O2/c1-22(2)13-7-5-12(6-8-13)11-19-18-20-14-9-16(23-3)17(24-4)10-15(14)21-18/h5-10H,11H2,1-4H3,(H2,19,20,21). The van der Waals surface area contributed by atoms with E-state index in [4.69, 9.17) is 9.47 Å². The number of imidazole rings is 1. The normalized spacial score (nSPS) is 10.7. The smallest absolute Gasteiger partial charge is 0.201 e. The summed E-state index contributed by atoms with van der Waals surface area (Å²) in [5.74, 6) is 2.07. The van der Waals surface area contributed by atoms with Crippen molar-refractivity contribution in [1.82, 2.24) is 9.97 Å². The Hall–Kier alpha value is -2.89. The average Bonchev–Trinajstić information content (AvgIpc) is 3.00. The molecule has 126 valence electrons. The Bertz CT molecular complexity index is 784. The van der Waals surface area contributed by atoms with Crippen LogP contribution in [0.15, 0.2) is 36.4 Å². The van der Waals surface area contributed by atoms with Gasteiger partial charge in [-0.15, -0.1) is 0 Å². The van der Waals surface area contributed by atoms with Gasteiger partial charge in [-0.05, 0) is 17.7 Å². The van der Waals surface area contributed by atoms with Gasteiger partial charge in [0.15, 0.2) is 11.5 Å². The monoisotopic (exact) mass is 326 g/mol. The summed E-state index contributed by atoms with van der Waals surface area (Å²) in [4.78, 5) is 9.88. The largest absolute Gasteiger partial charge is 0.493 e. The molecule has 0 unspecified atom stereocenters. The molecule has 0 aliphatic heterocycles. The van der Waals surface area contributed by atoms with Crippen molar-refractivity contribution in [3.05, 3.63) is 42.0 Å². The fourth-order valence-electron chi connectivity index (χ4n) is 2.52. The van der Waals surface area contributed by atoms with Crippen LogP contribution in [-0.4, -0.2) is 38.3 Å². The number of hydrogen-bond donors (Lipinski definition) is 2. The highest BCUT2D eigenvalue weighted by molar-refractivity contribution is 5.81. The van der Waals surface area contributed by atoms with E-state index in [1.165, 1.54) is 11.3 Å². The van der Waals surface area contributed by atoms with Crippen molar-refractivity contribution in [3.8, 4) is 11.5 Å². The van der Waals surface area contributed by atoms with Crippen LogP contribution in [0.5, 0.6) is 11.5 Å². The van der Waals surface area contributed by atoms with E-state index in [9.17, 15) is 0 Å². The Morgan fingerprint density at radius 2 is 1.71 bits per heavy atom. The Morgan fingerprint density at radius 1 is 1.04 bits per heavy atom. The van der Waals surface area contributed by atoms with Gasteiger partial charge in [-0.25, -0.2) is 4.98 Å². The summed E-state index contributed by atoms with van der Waals surface area (Å²) in [7, 11) is 7.30. The zero-order valence-corrected chi connectivity index (χ0v) is 14.4. The first-order valence-electron chi connectivity index (χ1n) is 7.72. The third kappa shape index (κ3) is 3.22. The second-order valence-corrected chi connectivity index (χ2v) is 5.72. The predicted molar refractivity (Wildman–Crippen MR) is 97.3 cm³/mol. The lowest BCUT2D eigenvalue weighted by Gasteiger charge is -2.12. The van der Waals surface area contributed by atoms with E-state index in [0.717, 1.165) is 17.0 Å². The second kappa shape index (κ2) is 6.70. The molecule has 0 saturated carbocycles. The number of anilines is 2. The van der Waals surface area contributed by atoms with E-state index in [-0.39, 0.29) is 0 Å². The van der Waals surface area contributed by atoms with Crippen LogP contribution in [0.25, 0.3) is 11.0 Å². The van der Waals surface area contributed by atoms with E-state index in [0.29, 0.717) is 18.0 Å². The predicted octanol–water partition coefficient (Wildman–Crippen LogP) is 3.26. The number of H-pyrrole nitrogens is 1. The highest BCUT2D eigenvalue weighted by atomic mass is 16.5. The molecule has 0 spiro atoms. The van der Waals surface area contributed by atoms with Crippen LogP contribution in [-0.2, 0) is 6.54 Å². The molecular weight excluding hydrogens is 304 g/mol. The number of aromatic nitrogens is 2. The molecule has 0 amide bonds. The zero-order chi connectivity index (χ0) is 17.1. The number of methoxy groups -OCH3 is 2. The van der Waals surface area contributed by atoms with Crippen molar-refractivity contribution in [1.29, 1.82) is 0 Å². The maximum absolute atomic E-state index is 5.32. The number of ether oxygens (including phenoxy) is 2. The summed E-state index contributed by atoms with van der Waals surface area (Å²) in [6.45, 7) is 0.696. The highest BCUT2D eigenvalue weighted by Gasteiger charge is 2.09. The van der Waals surface area contributed by atoms with Gasteiger partial charge in [0.25, 0.3) is 0 Å². The molecule has 0 aliphatic rings. The lowest BCUT2D eigenvalue weighted by molar-refractivity contribution is 0.356. The number of hydrogen-bond acceptors (Lipinski definition) is 5. The molecule has 0 fully saturated rings.